The van der Waals surface area contributed by atoms with Crippen LogP contribution < -0.4 is 25.8 Å². The molecule has 1 fully saturated rings. The van der Waals surface area contributed by atoms with Gasteiger partial charge in [-0.2, -0.15) is 11.8 Å². The number of ether oxygens (including phenoxy) is 1. The molecule has 0 aromatic heterocycles. The minimum Gasteiger partial charge on any atom is -0.497 e. The number of thioether (sulfide) groups is 1. The molecule has 3 rings (SSSR count). The molecule has 1 heterocycles. The molecule has 5 nitrogen and oxygen atoms in total. The van der Waals surface area contributed by atoms with Crippen LogP contribution in [0.2, 0.25) is 0 Å². The van der Waals surface area contributed by atoms with Gasteiger partial charge in [-0.15, -0.1) is 0 Å². The molecular formula is C16H18N2O3S. The fourth-order valence-corrected chi connectivity index (χ4v) is 3.47. The molecule has 0 saturated carbocycles. The molecule has 6 heteroatoms. The van der Waals surface area contributed by atoms with Gasteiger partial charge in [0.25, 0.3) is 10.9 Å². The fourth-order valence-electron chi connectivity index (χ4n) is 2.57. The summed E-state index contributed by atoms with van der Waals surface area (Å²) in [5.74, 6) is 2.79. The highest BCUT2D eigenvalue weighted by Gasteiger charge is 2.26. The van der Waals surface area contributed by atoms with Crippen molar-refractivity contribution in [3.05, 3.63) is 50.3 Å². The summed E-state index contributed by atoms with van der Waals surface area (Å²) in [5, 5.41) is 3.12. The van der Waals surface area contributed by atoms with Gasteiger partial charge in [0.05, 0.1) is 7.11 Å². The van der Waals surface area contributed by atoms with Gasteiger partial charge in [0.2, 0.25) is 0 Å². The summed E-state index contributed by atoms with van der Waals surface area (Å²) in [5.41, 5.74) is 1.31. The van der Waals surface area contributed by atoms with Crippen molar-refractivity contribution in [3.8, 4) is 5.75 Å². The summed E-state index contributed by atoms with van der Waals surface area (Å²) < 4.78 is 5.12. The molecule has 0 radical (unpaired) electrons. The Morgan fingerprint density at radius 2 is 1.82 bits per heavy atom. The minimum absolute atomic E-state index is 0.357. The number of nitrogens with zero attached hydrogens (tertiary/aromatic N) is 1. The predicted octanol–water partition coefficient (Wildman–Crippen LogP) is 1.46. The van der Waals surface area contributed by atoms with E-state index in [9.17, 15) is 9.59 Å². The van der Waals surface area contributed by atoms with Gasteiger partial charge in [-0.1, -0.05) is 12.1 Å². The molecule has 0 bridgehead atoms. The highest BCUT2D eigenvalue weighted by molar-refractivity contribution is 7.99. The molecule has 1 saturated heterocycles. The first kappa shape index (κ1) is 15.0. The number of benzene rings is 1. The molecule has 116 valence electrons. The van der Waals surface area contributed by atoms with E-state index in [1.165, 1.54) is 0 Å². The van der Waals surface area contributed by atoms with Crippen LogP contribution in [0.5, 0.6) is 5.75 Å². The van der Waals surface area contributed by atoms with Crippen LogP contribution in [0.15, 0.2) is 33.9 Å². The molecule has 0 aliphatic carbocycles. The number of rotatable bonds is 5. The van der Waals surface area contributed by atoms with Crippen molar-refractivity contribution < 1.29 is 4.74 Å². The Kier molecular flexibility index (Phi) is 4.38. The van der Waals surface area contributed by atoms with E-state index in [1.807, 2.05) is 40.9 Å². The van der Waals surface area contributed by atoms with Crippen LogP contribution >= 0.6 is 11.8 Å². The molecule has 1 aliphatic rings. The topological polar surface area (TPSA) is 58.6 Å². The Labute approximate surface area is 133 Å². The maximum absolute atomic E-state index is 11.9. The van der Waals surface area contributed by atoms with E-state index in [4.69, 9.17) is 4.74 Å². The summed E-state index contributed by atoms with van der Waals surface area (Å²) in [6.45, 7) is 2.17. The fraction of sp³-hybridized carbons (Fsp3) is 0.375. The van der Waals surface area contributed by atoms with Crippen LogP contribution in [-0.4, -0.2) is 31.7 Å². The zero-order chi connectivity index (χ0) is 15.5. The van der Waals surface area contributed by atoms with Crippen LogP contribution in [0.25, 0.3) is 0 Å². The van der Waals surface area contributed by atoms with E-state index in [2.05, 4.69) is 5.32 Å². The number of methoxy groups -OCH3 is 1. The van der Waals surface area contributed by atoms with Gasteiger partial charge in [-0.25, -0.2) is 0 Å². The smallest absolute Gasteiger partial charge is 0.253 e. The lowest BCUT2D eigenvalue weighted by atomic mass is 10.1. The lowest BCUT2D eigenvalue weighted by molar-refractivity contribution is 0.414. The van der Waals surface area contributed by atoms with Crippen LogP contribution in [0.1, 0.15) is 5.56 Å². The average molecular weight is 318 g/mol. The Balaban J connectivity index is 1.71. The summed E-state index contributed by atoms with van der Waals surface area (Å²) in [7, 11) is 1.62. The zero-order valence-electron chi connectivity index (χ0n) is 12.4. The van der Waals surface area contributed by atoms with Crippen LogP contribution in [0.3, 0.4) is 0 Å². The van der Waals surface area contributed by atoms with Gasteiger partial charge in [0.1, 0.15) is 17.1 Å². The molecular weight excluding hydrogens is 300 g/mol. The second-order valence-corrected chi connectivity index (χ2v) is 6.41. The van der Waals surface area contributed by atoms with Gasteiger partial charge >= 0.3 is 0 Å². The van der Waals surface area contributed by atoms with E-state index in [-0.39, 0.29) is 5.43 Å². The first-order chi connectivity index (χ1) is 10.7. The largest absolute Gasteiger partial charge is 0.497 e. The number of hydrogen-bond donors (Lipinski definition) is 1. The number of anilines is 2. The van der Waals surface area contributed by atoms with Crippen molar-refractivity contribution in [2.45, 2.75) is 6.54 Å². The van der Waals surface area contributed by atoms with Crippen molar-refractivity contribution in [2.75, 3.05) is 41.9 Å². The van der Waals surface area contributed by atoms with Crippen LogP contribution in [-0.2, 0) is 6.54 Å². The second kappa shape index (κ2) is 6.44. The average Bonchev–Trinajstić information content (AvgIpc) is 2.59. The summed E-state index contributed by atoms with van der Waals surface area (Å²) >= 11 is 1.87. The van der Waals surface area contributed by atoms with E-state index >= 15 is 0 Å². The maximum atomic E-state index is 11.9. The van der Waals surface area contributed by atoms with Gasteiger partial charge in [-0.05, 0) is 17.7 Å². The SMILES string of the molecule is COc1ccc(CNc2c(N3CCSCC3)c(=O)c2=O)cc1. The molecule has 22 heavy (non-hydrogen) atoms. The zero-order valence-corrected chi connectivity index (χ0v) is 13.2. The third-order valence-electron chi connectivity index (χ3n) is 3.84. The molecule has 2 aromatic carbocycles. The van der Waals surface area contributed by atoms with E-state index < -0.39 is 5.43 Å². The predicted molar refractivity (Wildman–Crippen MR) is 91.2 cm³/mol. The Bertz CT molecular complexity index is 714. The summed E-state index contributed by atoms with van der Waals surface area (Å²) in [4.78, 5) is 25.7. The van der Waals surface area contributed by atoms with Crippen LogP contribution in [0, 0.1) is 0 Å². The first-order valence-corrected chi connectivity index (χ1v) is 8.39. The van der Waals surface area contributed by atoms with E-state index in [0.29, 0.717) is 17.9 Å². The standard InChI is InChI=1S/C16H18N2O3S/c1-21-12-4-2-11(3-5-12)10-17-13-14(16(20)15(13)19)18-6-8-22-9-7-18/h2-5,17H,6-10H2,1H3. The molecule has 1 N–H and O–H groups in total. The molecule has 0 atom stereocenters. The highest BCUT2D eigenvalue weighted by Crippen LogP contribution is 2.24. The first-order valence-electron chi connectivity index (χ1n) is 7.23. The molecule has 0 spiro atoms. The molecule has 0 amide bonds. The van der Waals surface area contributed by atoms with Crippen molar-refractivity contribution in [3.63, 3.8) is 0 Å². The van der Waals surface area contributed by atoms with Gasteiger partial charge in [0.15, 0.2) is 0 Å². The molecule has 1 aliphatic heterocycles. The van der Waals surface area contributed by atoms with Crippen molar-refractivity contribution in [2.24, 2.45) is 0 Å². The van der Waals surface area contributed by atoms with Crippen LogP contribution in [0.4, 0.5) is 11.4 Å². The lowest BCUT2D eigenvalue weighted by Crippen LogP contribution is -2.45. The van der Waals surface area contributed by atoms with Gasteiger partial charge in [0, 0.05) is 31.1 Å². The number of hydrogen-bond acceptors (Lipinski definition) is 6. The van der Waals surface area contributed by atoms with Crippen molar-refractivity contribution in [1.82, 2.24) is 0 Å². The Morgan fingerprint density at radius 1 is 1.14 bits per heavy atom. The van der Waals surface area contributed by atoms with Crippen molar-refractivity contribution in [1.29, 1.82) is 0 Å². The molecule has 0 unspecified atom stereocenters. The lowest BCUT2D eigenvalue weighted by Gasteiger charge is -2.30. The van der Waals surface area contributed by atoms with Crippen molar-refractivity contribution >= 4 is 23.1 Å². The Morgan fingerprint density at radius 3 is 2.45 bits per heavy atom. The van der Waals surface area contributed by atoms with E-state index in [1.54, 1.807) is 7.11 Å². The monoisotopic (exact) mass is 318 g/mol. The highest BCUT2D eigenvalue weighted by atomic mass is 32.2. The second-order valence-electron chi connectivity index (χ2n) is 5.18. The summed E-state index contributed by atoms with van der Waals surface area (Å²) in [6.07, 6.45) is 0. The van der Waals surface area contributed by atoms with Gasteiger partial charge in [-0.3, -0.25) is 9.59 Å². The third-order valence-corrected chi connectivity index (χ3v) is 4.78. The molecule has 2 aromatic rings. The van der Waals surface area contributed by atoms with E-state index in [0.717, 1.165) is 35.9 Å². The quantitative estimate of drug-likeness (QED) is 0.842. The third kappa shape index (κ3) is 2.83. The Hall–Kier alpha value is -1.95. The number of nitrogens with one attached hydrogen (secondary N) is 1. The maximum Gasteiger partial charge on any atom is 0.253 e. The normalized spacial score (nSPS) is 15.0. The van der Waals surface area contributed by atoms with Gasteiger partial charge < -0.3 is 15.0 Å². The minimum atomic E-state index is -0.401. The summed E-state index contributed by atoms with van der Waals surface area (Å²) in [6, 6.07) is 7.63.